The lowest BCUT2D eigenvalue weighted by Crippen LogP contribution is -2.49. The first-order valence-electron chi connectivity index (χ1n) is 10.5. The number of nitrogens with zero attached hydrogens (tertiary/aromatic N) is 2. The molecule has 0 radical (unpaired) electrons. The van der Waals surface area contributed by atoms with Gasteiger partial charge >= 0.3 is 0 Å². The number of anilines is 1. The smallest absolute Gasteiger partial charge is 0.262 e. The minimum atomic E-state index is -4.05. The molecule has 1 atom stereocenters. The van der Waals surface area contributed by atoms with Gasteiger partial charge in [0.05, 0.1) is 10.7 Å². The average molecular weight is 476 g/mol. The van der Waals surface area contributed by atoms with Gasteiger partial charge in [-0.15, -0.1) is 0 Å². The number of sulfonamides is 1. The van der Waals surface area contributed by atoms with E-state index in [0.29, 0.717) is 31.6 Å². The maximum atomic E-state index is 13.5. The highest BCUT2D eigenvalue weighted by Crippen LogP contribution is 2.38. The molecule has 1 N–H and O–H groups in total. The van der Waals surface area contributed by atoms with Crippen LogP contribution in [0.25, 0.3) is 0 Å². The van der Waals surface area contributed by atoms with E-state index in [1.807, 2.05) is 18.2 Å². The highest BCUT2D eigenvalue weighted by atomic mass is 35.5. The normalized spacial score (nSPS) is 20.8. The summed E-state index contributed by atoms with van der Waals surface area (Å²) in [6, 6.07) is 9.92. The summed E-state index contributed by atoms with van der Waals surface area (Å²) in [6.45, 7) is 1.09. The molecule has 0 aliphatic carbocycles. The van der Waals surface area contributed by atoms with Gasteiger partial charge in [-0.05, 0) is 36.5 Å². The van der Waals surface area contributed by atoms with E-state index < -0.39 is 16.1 Å². The first-order valence-corrected chi connectivity index (χ1v) is 12.3. The predicted octanol–water partition coefficient (Wildman–Crippen LogP) is 2.41. The van der Waals surface area contributed by atoms with E-state index in [0.717, 1.165) is 12.0 Å². The molecule has 0 saturated carbocycles. The van der Waals surface area contributed by atoms with Crippen molar-refractivity contribution in [3.05, 3.63) is 52.5 Å². The van der Waals surface area contributed by atoms with Crippen LogP contribution in [0.5, 0.6) is 5.75 Å². The molecule has 0 aromatic heterocycles. The highest BCUT2D eigenvalue weighted by Gasteiger charge is 2.42. The maximum Gasteiger partial charge on any atom is 0.262 e. The first kappa shape index (κ1) is 21.2. The molecule has 1 fully saturated rings. The van der Waals surface area contributed by atoms with Crippen molar-refractivity contribution in [1.82, 2.24) is 9.21 Å². The average Bonchev–Trinajstić information content (AvgIpc) is 3.28. The van der Waals surface area contributed by atoms with Crippen LogP contribution in [-0.4, -0.2) is 55.2 Å². The second-order valence-electron chi connectivity index (χ2n) is 8.17. The van der Waals surface area contributed by atoms with Crippen LogP contribution in [0.1, 0.15) is 24.0 Å². The number of fused-ring (bicyclic) bond motifs is 2. The highest BCUT2D eigenvalue weighted by molar-refractivity contribution is 7.89. The van der Waals surface area contributed by atoms with Crippen molar-refractivity contribution in [1.29, 1.82) is 0 Å². The van der Waals surface area contributed by atoms with Crippen molar-refractivity contribution in [2.45, 2.75) is 36.7 Å². The number of hydrogen-bond acceptors (Lipinski definition) is 5. The van der Waals surface area contributed by atoms with Crippen molar-refractivity contribution in [3.63, 3.8) is 0 Å². The monoisotopic (exact) mass is 475 g/mol. The van der Waals surface area contributed by atoms with Gasteiger partial charge in [0.2, 0.25) is 15.9 Å². The summed E-state index contributed by atoms with van der Waals surface area (Å²) in [4.78, 5) is 26.5. The van der Waals surface area contributed by atoms with E-state index in [1.165, 1.54) is 22.0 Å². The second kappa shape index (κ2) is 8.06. The number of benzene rings is 2. The van der Waals surface area contributed by atoms with Crippen LogP contribution in [0.3, 0.4) is 0 Å². The number of nitrogens with one attached hydrogen (secondary N) is 1. The molecule has 168 valence electrons. The lowest BCUT2D eigenvalue weighted by atomic mass is 9.99. The number of rotatable bonds is 3. The second-order valence-corrected chi connectivity index (χ2v) is 10.4. The number of amides is 2. The van der Waals surface area contributed by atoms with E-state index in [9.17, 15) is 18.0 Å². The van der Waals surface area contributed by atoms with Crippen molar-refractivity contribution in [2.75, 3.05) is 25.0 Å². The lowest BCUT2D eigenvalue weighted by molar-refractivity contribution is -0.135. The van der Waals surface area contributed by atoms with E-state index in [1.54, 1.807) is 4.90 Å². The van der Waals surface area contributed by atoms with Crippen LogP contribution in [-0.2, 0) is 32.6 Å². The Morgan fingerprint density at radius 3 is 2.75 bits per heavy atom. The van der Waals surface area contributed by atoms with Crippen molar-refractivity contribution >= 4 is 39.1 Å². The number of halogens is 1. The van der Waals surface area contributed by atoms with Crippen LogP contribution in [0.4, 0.5) is 5.69 Å². The predicted molar refractivity (Wildman–Crippen MR) is 118 cm³/mol. The minimum absolute atomic E-state index is 0.0282. The van der Waals surface area contributed by atoms with E-state index in [-0.39, 0.29) is 40.6 Å². The van der Waals surface area contributed by atoms with E-state index in [2.05, 4.69) is 11.4 Å². The maximum absolute atomic E-state index is 13.5. The molecule has 1 saturated heterocycles. The van der Waals surface area contributed by atoms with Crippen LogP contribution in [0, 0.1) is 0 Å². The van der Waals surface area contributed by atoms with Crippen LogP contribution in [0.15, 0.2) is 41.3 Å². The molecular weight excluding hydrogens is 454 g/mol. The molecule has 8 nitrogen and oxygen atoms in total. The zero-order valence-corrected chi connectivity index (χ0v) is 18.8. The van der Waals surface area contributed by atoms with Crippen molar-refractivity contribution < 1.29 is 22.7 Å². The van der Waals surface area contributed by atoms with Crippen molar-refractivity contribution in [3.8, 4) is 5.75 Å². The Kier molecular flexibility index (Phi) is 5.35. The topological polar surface area (TPSA) is 96.0 Å². The van der Waals surface area contributed by atoms with Gasteiger partial charge in [0.25, 0.3) is 5.91 Å². The van der Waals surface area contributed by atoms with Gasteiger partial charge in [0.1, 0.15) is 16.7 Å². The Bertz CT molecular complexity index is 1220. The zero-order valence-electron chi connectivity index (χ0n) is 17.2. The summed E-state index contributed by atoms with van der Waals surface area (Å²) >= 11 is 6.30. The number of carbonyl (C=O) groups excluding carboxylic acids is 2. The number of carbonyl (C=O) groups is 2. The molecule has 2 aromatic carbocycles. The van der Waals surface area contributed by atoms with Crippen LogP contribution >= 0.6 is 11.6 Å². The number of hydrogen-bond donors (Lipinski definition) is 1. The zero-order chi connectivity index (χ0) is 22.5. The van der Waals surface area contributed by atoms with Gasteiger partial charge in [0, 0.05) is 25.7 Å². The number of ether oxygens (including phenoxy) is 1. The quantitative estimate of drug-likeness (QED) is 0.735. The van der Waals surface area contributed by atoms with Gasteiger partial charge in [-0.2, -0.15) is 4.31 Å². The van der Waals surface area contributed by atoms with Gasteiger partial charge in [-0.1, -0.05) is 35.9 Å². The standard InChI is InChI=1S/C22H22ClN3O5S/c23-16-10-17-19(31-13-21(27)24-17)11-20(16)32(29,30)26-8-3-6-18(26)22(28)25-9-7-14-4-1-2-5-15(14)12-25/h1-2,4-5,10-11,18H,3,6-9,12-13H2,(H,24,27)/t18-/m0/s1. The third-order valence-corrected chi connectivity index (χ3v) is 8.56. The minimum Gasteiger partial charge on any atom is -0.482 e. The fourth-order valence-electron chi connectivity index (χ4n) is 4.57. The third kappa shape index (κ3) is 3.64. The molecule has 2 aromatic rings. The lowest BCUT2D eigenvalue weighted by Gasteiger charge is -2.33. The van der Waals surface area contributed by atoms with E-state index >= 15 is 0 Å². The SMILES string of the molecule is O=C1COc2cc(S(=O)(=O)N3CCC[C@H]3C(=O)N3CCc4ccccc4C3)c(Cl)cc2N1. The molecule has 3 aliphatic rings. The molecule has 3 aliphatic heterocycles. The summed E-state index contributed by atoms with van der Waals surface area (Å²) < 4.78 is 33.7. The molecule has 5 rings (SSSR count). The summed E-state index contributed by atoms with van der Waals surface area (Å²) in [7, 11) is -4.05. The van der Waals surface area contributed by atoms with Gasteiger partial charge in [-0.3, -0.25) is 9.59 Å². The van der Waals surface area contributed by atoms with Crippen LogP contribution in [0.2, 0.25) is 5.02 Å². The summed E-state index contributed by atoms with van der Waals surface area (Å²) in [5.74, 6) is -0.280. The van der Waals surface area contributed by atoms with Gasteiger partial charge < -0.3 is 15.0 Å². The fraction of sp³-hybridized carbons (Fsp3) is 0.364. The molecule has 10 heteroatoms. The molecule has 32 heavy (non-hydrogen) atoms. The Morgan fingerprint density at radius 1 is 1.16 bits per heavy atom. The largest absolute Gasteiger partial charge is 0.482 e. The Labute approximate surface area is 191 Å². The molecular formula is C22H22ClN3O5S. The summed E-state index contributed by atoms with van der Waals surface area (Å²) in [5, 5.41) is 2.58. The van der Waals surface area contributed by atoms with Gasteiger partial charge in [0.15, 0.2) is 6.61 Å². The van der Waals surface area contributed by atoms with Crippen molar-refractivity contribution in [2.24, 2.45) is 0 Å². The Hall–Kier alpha value is -2.62. The Balaban J connectivity index is 1.42. The molecule has 0 spiro atoms. The van der Waals surface area contributed by atoms with Crippen LogP contribution < -0.4 is 10.1 Å². The Morgan fingerprint density at radius 2 is 1.94 bits per heavy atom. The third-order valence-electron chi connectivity index (χ3n) is 6.18. The van der Waals surface area contributed by atoms with Gasteiger partial charge in [-0.25, -0.2) is 8.42 Å². The molecule has 3 heterocycles. The first-order chi connectivity index (χ1) is 15.3. The summed E-state index contributed by atoms with van der Waals surface area (Å²) in [5.41, 5.74) is 2.64. The van der Waals surface area contributed by atoms with E-state index in [4.69, 9.17) is 16.3 Å². The molecule has 0 unspecified atom stereocenters. The fourth-order valence-corrected chi connectivity index (χ4v) is 6.74. The summed E-state index contributed by atoms with van der Waals surface area (Å²) in [6.07, 6.45) is 1.81. The molecule has 2 amide bonds. The molecule has 0 bridgehead atoms.